The number of hydrogen-bond donors (Lipinski definition) is 2. The molecule has 0 radical (unpaired) electrons. The van der Waals surface area contributed by atoms with Gasteiger partial charge in [-0.15, -0.1) is 0 Å². The summed E-state index contributed by atoms with van der Waals surface area (Å²) in [4.78, 5) is 0. The van der Waals surface area contributed by atoms with Crippen LogP contribution in [0.4, 0.5) is 4.39 Å². The monoisotopic (exact) mass is 257 g/mol. The molecule has 2 N–H and O–H groups in total. The van der Waals surface area contributed by atoms with Crippen LogP contribution in [0.1, 0.15) is 25.0 Å². The van der Waals surface area contributed by atoms with Gasteiger partial charge in [-0.25, -0.2) is 4.39 Å². The maximum absolute atomic E-state index is 12.9. The highest BCUT2D eigenvalue weighted by Crippen LogP contribution is 2.13. The second-order valence-electron chi connectivity index (χ2n) is 4.11. The average Bonchev–Trinajstić information content (AvgIpc) is 2.34. The molecule has 0 spiro atoms. The summed E-state index contributed by atoms with van der Waals surface area (Å²) < 4.78 is 12.9. The number of aliphatic hydroxyl groups excluding tert-OH is 1. The molecule has 1 aromatic rings. The van der Waals surface area contributed by atoms with Crippen molar-refractivity contribution in [2.75, 3.05) is 19.3 Å². The number of thioether (sulfide) groups is 1. The van der Waals surface area contributed by atoms with Crippen LogP contribution in [0.5, 0.6) is 0 Å². The van der Waals surface area contributed by atoms with Gasteiger partial charge in [-0.2, -0.15) is 11.8 Å². The van der Waals surface area contributed by atoms with Crippen LogP contribution in [0.3, 0.4) is 0 Å². The molecule has 17 heavy (non-hydrogen) atoms. The van der Waals surface area contributed by atoms with Crippen molar-refractivity contribution in [3.8, 4) is 0 Å². The predicted molar refractivity (Wildman–Crippen MR) is 71.8 cm³/mol. The van der Waals surface area contributed by atoms with Crippen molar-refractivity contribution in [2.24, 2.45) is 0 Å². The third-order valence-electron chi connectivity index (χ3n) is 2.70. The smallest absolute Gasteiger partial charge is 0.123 e. The first kappa shape index (κ1) is 14.5. The van der Waals surface area contributed by atoms with E-state index in [1.165, 1.54) is 12.1 Å². The Morgan fingerprint density at radius 2 is 2.24 bits per heavy atom. The fourth-order valence-corrected chi connectivity index (χ4v) is 1.85. The van der Waals surface area contributed by atoms with E-state index in [9.17, 15) is 9.50 Å². The zero-order valence-corrected chi connectivity index (χ0v) is 11.1. The number of aliphatic hydroxyl groups is 1. The van der Waals surface area contributed by atoms with E-state index < -0.39 is 6.10 Å². The van der Waals surface area contributed by atoms with Crippen molar-refractivity contribution < 1.29 is 9.50 Å². The Bertz CT molecular complexity index is 335. The Morgan fingerprint density at radius 3 is 2.88 bits per heavy atom. The van der Waals surface area contributed by atoms with Gasteiger partial charge in [0.05, 0.1) is 6.10 Å². The first-order valence-electron chi connectivity index (χ1n) is 5.80. The van der Waals surface area contributed by atoms with E-state index in [1.54, 1.807) is 12.1 Å². The third kappa shape index (κ3) is 5.52. The molecular formula is C13H20FNOS. The molecule has 0 bridgehead atoms. The summed E-state index contributed by atoms with van der Waals surface area (Å²) in [7, 11) is 0. The van der Waals surface area contributed by atoms with E-state index >= 15 is 0 Å². The molecule has 0 fully saturated rings. The lowest BCUT2D eigenvalue weighted by molar-refractivity contribution is 0.174. The Balaban J connectivity index is 2.28. The highest BCUT2D eigenvalue weighted by atomic mass is 32.2. The molecule has 0 aliphatic carbocycles. The summed E-state index contributed by atoms with van der Waals surface area (Å²) in [6.45, 7) is 3.51. The van der Waals surface area contributed by atoms with Crippen LogP contribution in [0, 0.1) is 5.82 Å². The largest absolute Gasteiger partial charge is 0.387 e. The zero-order chi connectivity index (χ0) is 12.7. The molecule has 2 unspecified atom stereocenters. The van der Waals surface area contributed by atoms with Crippen LogP contribution in [0.15, 0.2) is 24.3 Å². The standard InChI is InChI=1S/C13H20FNOS/c1-10(17-2)6-7-15-9-13(16)11-4-3-5-12(14)8-11/h3-5,8,10,13,15-16H,6-7,9H2,1-2H3. The first-order valence-corrected chi connectivity index (χ1v) is 7.09. The lowest BCUT2D eigenvalue weighted by Gasteiger charge is -2.13. The van der Waals surface area contributed by atoms with E-state index in [0.29, 0.717) is 17.4 Å². The van der Waals surface area contributed by atoms with Gasteiger partial charge in [0.1, 0.15) is 5.82 Å². The topological polar surface area (TPSA) is 32.3 Å². The molecule has 0 aliphatic heterocycles. The number of benzene rings is 1. The maximum atomic E-state index is 12.9. The van der Waals surface area contributed by atoms with Crippen LogP contribution < -0.4 is 5.32 Å². The van der Waals surface area contributed by atoms with Crippen molar-refractivity contribution in [2.45, 2.75) is 24.7 Å². The fourth-order valence-electron chi connectivity index (χ4n) is 1.49. The maximum Gasteiger partial charge on any atom is 0.123 e. The van der Waals surface area contributed by atoms with Gasteiger partial charge in [-0.3, -0.25) is 0 Å². The second-order valence-corrected chi connectivity index (χ2v) is 5.39. The quantitative estimate of drug-likeness (QED) is 0.736. The summed E-state index contributed by atoms with van der Waals surface area (Å²) in [5, 5.41) is 13.6. The number of hydrogen-bond acceptors (Lipinski definition) is 3. The van der Waals surface area contributed by atoms with Crippen LogP contribution in [0.25, 0.3) is 0 Å². The van der Waals surface area contributed by atoms with Gasteiger partial charge in [0.25, 0.3) is 0 Å². The molecule has 1 rings (SSSR count). The summed E-state index contributed by atoms with van der Waals surface area (Å²) in [6.07, 6.45) is 2.51. The van der Waals surface area contributed by atoms with Crippen molar-refractivity contribution >= 4 is 11.8 Å². The van der Waals surface area contributed by atoms with Gasteiger partial charge in [-0.1, -0.05) is 19.1 Å². The molecule has 0 saturated carbocycles. The van der Waals surface area contributed by atoms with Crippen LogP contribution in [-0.2, 0) is 0 Å². The number of halogens is 1. The molecule has 0 aromatic heterocycles. The van der Waals surface area contributed by atoms with Crippen molar-refractivity contribution in [3.05, 3.63) is 35.6 Å². The molecule has 0 amide bonds. The predicted octanol–water partition coefficient (Wildman–Crippen LogP) is 2.59. The Hall–Kier alpha value is -0.580. The molecule has 2 nitrogen and oxygen atoms in total. The van der Waals surface area contributed by atoms with Crippen LogP contribution in [0.2, 0.25) is 0 Å². The van der Waals surface area contributed by atoms with E-state index in [2.05, 4.69) is 18.5 Å². The average molecular weight is 257 g/mol. The Kier molecular flexibility index (Phi) is 6.55. The Morgan fingerprint density at radius 1 is 1.47 bits per heavy atom. The second kappa shape index (κ2) is 7.69. The SMILES string of the molecule is CSC(C)CCNCC(O)c1cccc(F)c1. The lowest BCUT2D eigenvalue weighted by atomic mass is 10.1. The summed E-state index contributed by atoms with van der Waals surface area (Å²) in [6, 6.07) is 6.10. The summed E-state index contributed by atoms with van der Waals surface area (Å²) in [5.41, 5.74) is 0.621. The van der Waals surface area contributed by atoms with Crippen molar-refractivity contribution in [3.63, 3.8) is 0 Å². The molecular weight excluding hydrogens is 237 g/mol. The highest BCUT2D eigenvalue weighted by Gasteiger charge is 2.07. The molecule has 0 heterocycles. The van der Waals surface area contributed by atoms with Crippen LogP contribution >= 0.6 is 11.8 Å². The molecule has 4 heteroatoms. The minimum absolute atomic E-state index is 0.308. The molecule has 96 valence electrons. The first-order chi connectivity index (χ1) is 8.13. The van der Waals surface area contributed by atoms with Crippen molar-refractivity contribution in [1.29, 1.82) is 0 Å². The van der Waals surface area contributed by atoms with Crippen LogP contribution in [-0.4, -0.2) is 29.7 Å². The minimum Gasteiger partial charge on any atom is -0.387 e. The molecule has 0 aliphatic rings. The molecule has 2 atom stereocenters. The van der Waals surface area contributed by atoms with E-state index in [0.717, 1.165) is 13.0 Å². The number of nitrogens with one attached hydrogen (secondary N) is 1. The van der Waals surface area contributed by atoms with Gasteiger partial charge < -0.3 is 10.4 Å². The van der Waals surface area contributed by atoms with Gasteiger partial charge in [0, 0.05) is 11.8 Å². The minimum atomic E-state index is -0.643. The highest BCUT2D eigenvalue weighted by molar-refractivity contribution is 7.99. The number of rotatable bonds is 7. The molecule has 0 saturated heterocycles. The molecule has 1 aromatic carbocycles. The van der Waals surface area contributed by atoms with Gasteiger partial charge in [0.2, 0.25) is 0 Å². The lowest BCUT2D eigenvalue weighted by Crippen LogP contribution is -2.24. The third-order valence-corrected chi connectivity index (χ3v) is 3.74. The Labute approximate surface area is 107 Å². The van der Waals surface area contributed by atoms with Gasteiger partial charge in [-0.05, 0) is 36.9 Å². The zero-order valence-electron chi connectivity index (χ0n) is 10.3. The fraction of sp³-hybridized carbons (Fsp3) is 0.538. The summed E-state index contributed by atoms with van der Waals surface area (Å²) in [5.74, 6) is -0.308. The van der Waals surface area contributed by atoms with Gasteiger partial charge in [0.15, 0.2) is 0 Å². The van der Waals surface area contributed by atoms with E-state index in [-0.39, 0.29) is 5.82 Å². The van der Waals surface area contributed by atoms with E-state index in [1.807, 2.05) is 11.8 Å². The summed E-state index contributed by atoms with van der Waals surface area (Å²) >= 11 is 1.83. The van der Waals surface area contributed by atoms with Gasteiger partial charge >= 0.3 is 0 Å². The van der Waals surface area contributed by atoms with E-state index in [4.69, 9.17) is 0 Å². The van der Waals surface area contributed by atoms with Crippen molar-refractivity contribution in [1.82, 2.24) is 5.32 Å². The normalized spacial score (nSPS) is 14.6.